The van der Waals surface area contributed by atoms with E-state index in [0.29, 0.717) is 5.92 Å². The van der Waals surface area contributed by atoms with Gasteiger partial charge >= 0.3 is 0 Å². The van der Waals surface area contributed by atoms with Crippen molar-refractivity contribution < 1.29 is 4.43 Å². The number of rotatable bonds is 4. The number of pyridine rings is 1. The van der Waals surface area contributed by atoms with Crippen LogP contribution in [0.1, 0.15) is 62.5 Å². The molecule has 0 amide bonds. The summed E-state index contributed by atoms with van der Waals surface area (Å²) in [6.07, 6.45) is 2.46. The minimum atomic E-state index is -1.98. The molecule has 154 valence electrons. The number of hydrogen-bond donors (Lipinski definition) is 0. The van der Waals surface area contributed by atoms with Gasteiger partial charge in [0.1, 0.15) is 0 Å². The van der Waals surface area contributed by atoms with Gasteiger partial charge in [-0.15, -0.1) is 0 Å². The lowest BCUT2D eigenvalue weighted by Crippen LogP contribution is -2.41. The molecule has 1 atom stereocenters. The van der Waals surface area contributed by atoms with Gasteiger partial charge in [0.25, 0.3) is 0 Å². The maximum Gasteiger partial charge on any atom is 0.193 e. The largest absolute Gasteiger partial charge is 0.406 e. The van der Waals surface area contributed by atoms with Gasteiger partial charge in [-0.2, -0.15) is 0 Å². The van der Waals surface area contributed by atoms with Crippen molar-refractivity contribution in [3.8, 4) is 22.4 Å². The van der Waals surface area contributed by atoms with Crippen LogP contribution in [-0.2, 0) is 4.43 Å². The first kappa shape index (κ1) is 19.7. The molecule has 2 aromatic carbocycles. The molecular weight excluding hydrogens is 382 g/mol. The lowest BCUT2D eigenvalue weighted by Gasteiger charge is -2.39. The minimum Gasteiger partial charge on any atom is -0.406 e. The van der Waals surface area contributed by atoms with Gasteiger partial charge in [0.2, 0.25) is 0 Å². The van der Waals surface area contributed by atoms with Crippen LogP contribution >= 0.6 is 0 Å². The highest BCUT2D eigenvalue weighted by Gasteiger charge is 2.44. The third kappa shape index (κ3) is 3.25. The fraction of sp³-hybridized carbons (Fsp3) is 0.370. The molecule has 0 aliphatic heterocycles. The number of benzene rings is 2. The summed E-state index contributed by atoms with van der Waals surface area (Å²) in [4.78, 5) is 5.22. The van der Waals surface area contributed by atoms with Gasteiger partial charge in [0, 0.05) is 22.7 Å². The van der Waals surface area contributed by atoms with Crippen molar-refractivity contribution in [2.24, 2.45) is 0 Å². The van der Waals surface area contributed by atoms with Crippen LogP contribution in [0.15, 0.2) is 60.7 Å². The Bertz CT molecular complexity index is 1090. The Labute approximate surface area is 181 Å². The Morgan fingerprint density at radius 3 is 2.23 bits per heavy atom. The van der Waals surface area contributed by atoms with Crippen molar-refractivity contribution in [2.75, 3.05) is 0 Å². The van der Waals surface area contributed by atoms with Crippen molar-refractivity contribution in [2.45, 2.75) is 63.8 Å². The maximum absolute atomic E-state index is 7.09. The highest BCUT2D eigenvalue weighted by molar-refractivity contribution is 6.74. The van der Waals surface area contributed by atoms with Gasteiger partial charge in [-0.25, -0.2) is 0 Å². The zero-order chi connectivity index (χ0) is 21.1. The lowest BCUT2D eigenvalue weighted by atomic mass is 9.96. The van der Waals surface area contributed by atoms with Crippen LogP contribution in [0, 0.1) is 0 Å². The Morgan fingerprint density at radius 2 is 1.57 bits per heavy atom. The molecule has 1 fully saturated rings. The Morgan fingerprint density at radius 1 is 0.900 bits per heavy atom. The van der Waals surface area contributed by atoms with Gasteiger partial charge in [-0.05, 0) is 53.7 Å². The van der Waals surface area contributed by atoms with E-state index in [0.717, 1.165) is 5.69 Å². The molecule has 0 saturated heterocycles. The number of fused-ring (bicyclic) bond motifs is 3. The van der Waals surface area contributed by atoms with Crippen molar-refractivity contribution in [1.29, 1.82) is 0 Å². The summed E-state index contributed by atoms with van der Waals surface area (Å²) in [5.41, 5.74) is 8.72. The summed E-state index contributed by atoms with van der Waals surface area (Å²) in [5.74, 6) is 0.616. The molecule has 2 aliphatic rings. The molecule has 30 heavy (non-hydrogen) atoms. The van der Waals surface area contributed by atoms with E-state index in [1.54, 1.807) is 0 Å². The first-order chi connectivity index (χ1) is 14.3. The predicted octanol–water partition coefficient (Wildman–Crippen LogP) is 7.72. The third-order valence-corrected chi connectivity index (χ3v) is 11.6. The third-order valence-electron chi connectivity index (χ3n) is 7.14. The van der Waals surface area contributed by atoms with Crippen LogP contribution in [0.3, 0.4) is 0 Å². The Kier molecular flexibility index (Phi) is 4.53. The average molecular weight is 414 g/mol. The van der Waals surface area contributed by atoms with Gasteiger partial charge in [0.05, 0.1) is 11.8 Å². The van der Waals surface area contributed by atoms with Crippen molar-refractivity contribution in [3.63, 3.8) is 0 Å². The van der Waals surface area contributed by atoms with E-state index < -0.39 is 8.32 Å². The molecule has 5 rings (SSSR count). The van der Waals surface area contributed by atoms with Crippen LogP contribution in [0.25, 0.3) is 22.4 Å². The summed E-state index contributed by atoms with van der Waals surface area (Å²) in [6, 6.07) is 21.9. The molecule has 1 unspecified atom stereocenters. The van der Waals surface area contributed by atoms with Crippen LogP contribution in [0.5, 0.6) is 0 Å². The molecule has 3 aromatic rings. The van der Waals surface area contributed by atoms with Crippen LogP contribution in [0.4, 0.5) is 0 Å². The molecule has 0 spiro atoms. The smallest absolute Gasteiger partial charge is 0.193 e. The van der Waals surface area contributed by atoms with Gasteiger partial charge in [0.15, 0.2) is 8.32 Å². The monoisotopic (exact) mass is 413 g/mol. The number of nitrogens with zero attached hydrogens (tertiary/aromatic N) is 1. The topological polar surface area (TPSA) is 22.1 Å². The first-order valence-corrected chi connectivity index (χ1v) is 14.0. The molecule has 1 aromatic heterocycles. The molecule has 3 heteroatoms. The zero-order valence-corrected chi connectivity index (χ0v) is 19.7. The summed E-state index contributed by atoms with van der Waals surface area (Å²) in [6.45, 7) is 11.6. The van der Waals surface area contributed by atoms with Gasteiger partial charge in [-0.1, -0.05) is 75.4 Å². The van der Waals surface area contributed by atoms with Gasteiger partial charge in [-0.3, -0.25) is 4.98 Å². The number of hydrogen-bond acceptors (Lipinski definition) is 2. The fourth-order valence-electron chi connectivity index (χ4n) is 4.18. The predicted molar refractivity (Wildman–Crippen MR) is 127 cm³/mol. The molecule has 2 aliphatic carbocycles. The second-order valence-corrected chi connectivity index (χ2v) is 15.1. The van der Waals surface area contributed by atoms with Crippen molar-refractivity contribution in [3.05, 3.63) is 77.5 Å². The van der Waals surface area contributed by atoms with Crippen molar-refractivity contribution >= 4 is 8.32 Å². The molecule has 1 saturated carbocycles. The van der Waals surface area contributed by atoms with E-state index in [1.807, 2.05) is 0 Å². The van der Waals surface area contributed by atoms with E-state index in [4.69, 9.17) is 9.41 Å². The fourth-order valence-corrected chi connectivity index (χ4v) is 5.37. The van der Waals surface area contributed by atoms with Crippen LogP contribution in [-0.4, -0.2) is 13.3 Å². The van der Waals surface area contributed by atoms with E-state index in [1.165, 1.54) is 46.4 Å². The average Bonchev–Trinajstić information content (AvgIpc) is 3.52. The number of aromatic nitrogens is 1. The molecule has 1 heterocycles. The summed E-state index contributed by atoms with van der Waals surface area (Å²) >= 11 is 0. The van der Waals surface area contributed by atoms with Crippen LogP contribution in [0.2, 0.25) is 18.1 Å². The molecular formula is C27H31NOSi. The summed E-state index contributed by atoms with van der Waals surface area (Å²) in [5, 5.41) is 0.152. The normalized spacial score (nSPS) is 18.2. The van der Waals surface area contributed by atoms with Crippen molar-refractivity contribution in [1.82, 2.24) is 4.98 Å². The zero-order valence-electron chi connectivity index (χ0n) is 18.7. The first-order valence-electron chi connectivity index (χ1n) is 11.1. The summed E-state index contributed by atoms with van der Waals surface area (Å²) in [7, 11) is -1.98. The minimum absolute atomic E-state index is 0.0481. The summed E-state index contributed by atoms with van der Waals surface area (Å²) < 4.78 is 7.09. The van der Waals surface area contributed by atoms with E-state index in [-0.39, 0.29) is 11.1 Å². The highest BCUT2D eigenvalue weighted by atomic mass is 28.4. The SMILES string of the molecule is CC(C)(C)[Si](C)(C)OC1c2ccccc2-c2nc(C3CC3)cc(-c3ccccc3)c21. The Balaban J connectivity index is 1.74. The van der Waals surface area contributed by atoms with E-state index in [2.05, 4.69) is 94.5 Å². The highest BCUT2D eigenvalue weighted by Crippen LogP contribution is 2.53. The Hall–Kier alpha value is -2.23. The quantitative estimate of drug-likeness (QED) is 0.408. The second-order valence-electron chi connectivity index (χ2n) is 10.3. The molecule has 2 nitrogen and oxygen atoms in total. The molecule has 0 bridgehead atoms. The maximum atomic E-state index is 7.09. The van der Waals surface area contributed by atoms with Gasteiger partial charge < -0.3 is 4.43 Å². The van der Waals surface area contributed by atoms with E-state index >= 15 is 0 Å². The standard InChI is InChI=1S/C27H31NOSi/c1-27(2,3)30(4,5)29-26-21-14-10-9-13-20(21)25-24(26)22(18-11-7-6-8-12-18)17-23(28-25)19-15-16-19/h6-14,17,19,26H,15-16H2,1-5H3. The van der Waals surface area contributed by atoms with E-state index in [9.17, 15) is 0 Å². The second kappa shape index (κ2) is 6.90. The molecule has 0 N–H and O–H groups in total. The van der Waals surface area contributed by atoms with Crippen LogP contribution < -0.4 is 0 Å². The molecule has 0 radical (unpaired) electrons. The lowest BCUT2D eigenvalue weighted by molar-refractivity contribution is 0.227.